The summed E-state index contributed by atoms with van der Waals surface area (Å²) in [4.78, 5) is 8.98. The Bertz CT molecular complexity index is 563. The molecule has 3 heteroatoms. The van der Waals surface area contributed by atoms with Crippen molar-refractivity contribution in [2.75, 3.05) is 5.32 Å². The molecule has 2 heterocycles. The van der Waals surface area contributed by atoms with Crippen LogP contribution in [0.4, 0.5) is 11.6 Å². The number of aromatic nitrogens is 2. The number of hydrogen-bond donors (Lipinski definition) is 1. The zero-order valence-corrected chi connectivity index (χ0v) is 10.6. The molecular weight excluding hydrogens is 222 g/mol. The zero-order chi connectivity index (χ0) is 12.4. The minimum atomic E-state index is 0.859. The molecule has 2 aromatic rings. The van der Waals surface area contributed by atoms with Gasteiger partial charge in [0, 0.05) is 11.9 Å². The van der Waals surface area contributed by atoms with Crippen molar-refractivity contribution in [1.29, 1.82) is 0 Å². The van der Waals surface area contributed by atoms with E-state index in [0.29, 0.717) is 0 Å². The fraction of sp³-hybridized carbons (Fsp3) is 0.333. The summed E-state index contributed by atoms with van der Waals surface area (Å²) in [5.41, 5.74) is 3.85. The van der Waals surface area contributed by atoms with Gasteiger partial charge in [0.2, 0.25) is 0 Å². The van der Waals surface area contributed by atoms with E-state index in [0.717, 1.165) is 18.1 Å². The van der Waals surface area contributed by atoms with E-state index in [1.165, 1.54) is 36.1 Å². The van der Waals surface area contributed by atoms with Gasteiger partial charge in [0.25, 0.3) is 0 Å². The van der Waals surface area contributed by atoms with Crippen molar-refractivity contribution in [1.82, 2.24) is 9.97 Å². The van der Waals surface area contributed by atoms with E-state index in [1.807, 2.05) is 24.4 Å². The van der Waals surface area contributed by atoms with Crippen LogP contribution in [0.3, 0.4) is 0 Å². The summed E-state index contributed by atoms with van der Waals surface area (Å²) >= 11 is 0. The quantitative estimate of drug-likeness (QED) is 0.872. The topological polar surface area (TPSA) is 37.8 Å². The second-order valence-electron chi connectivity index (χ2n) is 4.85. The van der Waals surface area contributed by atoms with Gasteiger partial charge in [-0.15, -0.1) is 0 Å². The summed E-state index contributed by atoms with van der Waals surface area (Å²) in [5.74, 6) is 1.76. The van der Waals surface area contributed by atoms with Gasteiger partial charge in [-0.2, -0.15) is 0 Å². The van der Waals surface area contributed by atoms with Gasteiger partial charge in [-0.1, -0.05) is 6.07 Å². The molecule has 0 aromatic carbocycles. The van der Waals surface area contributed by atoms with E-state index in [4.69, 9.17) is 0 Å². The third-order valence-electron chi connectivity index (χ3n) is 3.35. The van der Waals surface area contributed by atoms with Gasteiger partial charge < -0.3 is 5.32 Å². The molecule has 92 valence electrons. The largest absolute Gasteiger partial charge is 0.325 e. The van der Waals surface area contributed by atoms with Crippen molar-refractivity contribution in [2.24, 2.45) is 0 Å². The number of nitrogens with zero attached hydrogens (tertiary/aromatic N) is 2. The van der Waals surface area contributed by atoms with Crippen LogP contribution in [-0.4, -0.2) is 9.97 Å². The normalized spacial score (nSPS) is 14.1. The van der Waals surface area contributed by atoms with E-state index in [1.54, 1.807) is 0 Å². The van der Waals surface area contributed by atoms with Crippen LogP contribution in [0, 0.1) is 6.92 Å². The van der Waals surface area contributed by atoms with Crippen molar-refractivity contribution in [2.45, 2.75) is 32.6 Å². The van der Waals surface area contributed by atoms with Crippen LogP contribution < -0.4 is 5.32 Å². The molecule has 3 nitrogen and oxygen atoms in total. The minimum absolute atomic E-state index is 0.859. The van der Waals surface area contributed by atoms with Crippen molar-refractivity contribution < 1.29 is 0 Å². The van der Waals surface area contributed by atoms with Gasteiger partial charge in [0.15, 0.2) is 0 Å². The Hall–Kier alpha value is -1.90. The lowest BCUT2D eigenvalue weighted by atomic mass is 9.96. The summed E-state index contributed by atoms with van der Waals surface area (Å²) < 4.78 is 0. The molecule has 0 radical (unpaired) electrons. The van der Waals surface area contributed by atoms with Crippen LogP contribution in [0.2, 0.25) is 0 Å². The fourth-order valence-corrected chi connectivity index (χ4v) is 2.39. The molecule has 0 unspecified atom stereocenters. The van der Waals surface area contributed by atoms with Crippen LogP contribution in [0.5, 0.6) is 0 Å². The average Bonchev–Trinajstić information content (AvgIpc) is 2.39. The maximum absolute atomic E-state index is 4.69. The Morgan fingerprint density at radius 2 is 1.94 bits per heavy atom. The number of pyridine rings is 2. The van der Waals surface area contributed by atoms with Crippen LogP contribution >= 0.6 is 0 Å². The monoisotopic (exact) mass is 239 g/mol. The number of nitrogens with one attached hydrogen (secondary N) is 1. The summed E-state index contributed by atoms with van der Waals surface area (Å²) in [6.45, 7) is 2.06. The van der Waals surface area contributed by atoms with Gasteiger partial charge in [0.1, 0.15) is 11.6 Å². The second kappa shape index (κ2) is 4.77. The highest BCUT2D eigenvalue weighted by molar-refractivity contribution is 5.53. The first kappa shape index (κ1) is 11.2. The van der Waals surface area contributed by atoms with Gasteiger partial charge >= 0.3 is 0 Å². The van der Waals surface area contributed by atoms with Gasteiger partial charge in [-0.3, -0.25) is 0 Å². The SMILES string of the molecule is Cc1ccnc(Nc2ccc3c(n2)CCCC3)c1. The third-order valence-corrected chi connectivity index (χ3v) is 3.35. The van der Waals surface area contributed by atoms with E-state index < -0.39 is 0 Å². The molecular formula is C15H17N3. The number of anilines is 2. The molecule has 1 N–H and O–H groups in total. The molecule has 1 aliphatic rings. The molecule has 0 atom stereocenters. The van der Waals surface area contributed by atoms with Gasteiger partial charge in [-0.25, -0.2) is 9.97 Å². The van der Waals surface area contributed by atoms with E-state index in [2.05, 4.69) is 28.3 Å². The summed E-state index contributed by atoms with van der Waals surface area (Å²) in [5, 5.41) is 3.27. The maximum atomic E-state index is 4.69. The molecule has 0 fully saturated rings. The van der Waals surface area contributed by atoms with Crippen molar-refractivity contribution in [3.63, 3.8) is 0 Å². The first-order chi connectivity index (χ1) is 8.81. The number of fused-ring (bicyclic) bond motifs is 1. The Morgan fingerprint density at radius 1 is 1.06 bits per heavy atom. The van der Waals surface area contributed by atoms with Crippen LogP contribution in [0.25, 0.3) is 0 Å². The van der Waals surface area contributed by atoms with Crippen LogP contribution in [0.15, 0.2) is 30.5 Å². The predicted molar refractivity (Wildman–Crippen MR) is 73.1 cm³/mol. The highest BCUT2D eigenvalue weighted by Gasteiger charge is 2.11. The summed E-state index contributed by atoms with van der Waals surface area (Å²) in [6.07, 6.45) is 6.64. The molecule has 0 bridgehead atoms. The summed E-state index contributed by atoms with van der Waals surface area (Å²) in [7, 11) is 0. The van der Waals surface area contributed by atoms with E-state index in [9.17, 15) is 0 Å². The highest BCUT2D eigenvalue weighted by atomic mass is 15.1. The van der Waals surface area contributed by atoms with Crippen molar-refractivity contribution in [3.05, 3.63) is 47.3 Å². The van der Waals surface area contributed by atoms with Gasteiger partial charge in [0.05, 0.1) is 0 Å². The molecule has 1 aliphatic carbocycles. The number of hydrogen-bond acceptors (Lipinski definition) is 3. The molecule has 0 amide bonds. The maximum Gasteiger partial charge on any atom is 0.131 e. The Labute approximate surface area is 107 Å². The van der Waals surface area contributed by atoms with E-state index in [-0.39, 0.29) is 0 Å². The van der Waals surface area contributed by atoms with Crippen LogP contribution in [-0.2, 0) is 12.8 Å². The molecule has 0 spiro atoms. The average molecular weight is 239 g/mol. The Morgan fingerprint density at radius 3 is 2.83 bits per heavy atom. The Kier molecular flexibility index (Phi) is 2.97. The second-order valence-corrected chi connectivity index (χ2v) is 4.85. The van der Waals surface area contributed by atoms with Gasteiger partial charge in [-0.05, 0) is 61.9 Å². The third kappa shape index (κ3) is 2.35. The first-order valence-electron chi connectivity index (χ1n) is 6.50. The fourth-order valence-electron chi connectivity index (χ4n) is 2.39. The van der Waals surface area contributed by atoms with E-state index >= 15 is 0 Å². The van der Waals surface area contributed by atoms with Crippen molar-refractivity contribution >= 4 is 11.6 Å². The molecule has 18 heavy (non-hydrogen) atoms. The molecule has 0 saturated heterocycles. The molecule has 0 aliphatic heterocycles. The standard InChI is InChI=1S/C15H17N3/c1-11-8-9-16-15(10-11)18-14-7-6-12-4-2-3-5-13(12)17-14/h6-10H,2-5H2,1H3,(H,16,17,18). The molecule has 3 rings (SSSR count). The zero-order valence-electron chi connectivity index (χ0n) is 10.6. The lowest BCUT2D eigenvalue weighted by Crippen LogP contribution is -2.07. The van der Waals surface area contributed by atoms with Crippen LogP contribution in [0.1, 0.15) is 29.7 Å². The first-order valence-corrected chi connectivity index (χ1v) is 6.50. The number of aryl methyl sites for hydroxylation is 3. The highest BCUT2D eigenvalue weighted by Crippen LogP contribution is 2.22. The molecule has 0 saturated carbocycles. The summed E-state index contributed by atoms with van der Waals surface area (Å²) in [6, 6.07) is 8.26. The Balaban J connectivity index is 1.85. The number of rotatable bonds is 2. The predicted octanol–water partition coefficient (Wildman–Crippen LogP) is 3.41. The van der Waals surface area contributed by atoms with Crippen molar-refractivity contribution in [3.8, 4) is 0 Å². The lowest BCUT2D eigenvalue weighted by Gasteiger charge is -2.15. The minimum Gasteiger partial charge on any atom is -0.325 e. The lowest BCUT2D eigenvalue weighted by molar-refractivity contribution is 0.669. The smallest absolute Gasteiger partial charge is 0.131 e. The molecule has 2 aromatic heterocycles.